The predicted octanol–water partition coefficient (Wildman–Crippen LogP) is 3.46. The minimum absolute atomic E-state index is 0.00766. The lowest BCUT2D eigenvalue weighted by molar-refractivity contribution is 0.282. The van der Waals surface area contributed by atoms with E-state index in [1.54, 1.807) is 12.1 Å². The lowest BCUT2D eigenvalue weighted by Gasteiger charge is -2.11. The molecular weight excluding hydrogens is 309 g/mol. The molecule has 2 N–H and O–H groups in total. The van der Waals surface area contributed by atoms with Gasteiger partial charge in [0.1, 0.15) is 11.9 Å². The average Bonchev–Trinajstić information content (AvgIpc) is 3.06. The molecule has 1 unspecified atom stereocenters. The molecule has 0 spiro atoms. The summed E-state index contributed by atoms with van der Waals surface area (Å²) in [5.41, 5.74) is 2.61. The Morgan fingerprint density at radius 1 is 1.17 bits per heavy atom. The molecule has 0 radical (unpaired) electrons. The SMILES string of the molecule is CC(Nc1cccc(CO)c1)c1nc(Cc2ccc(F)cc2)no1. The van der Waals surface area contributed by atoms with E-state index >= 15 is 0 Å². The second-order valence-corrected chi connectivity index (χ2v) is 5.58. The van der Waals surface area contributed by atoms with Crippen molar-refractivity contribution in [3.05, 3.63) is 77.2 Å². The highest BCUT2D eigenvalue weighted by atomic mass is 19.1. The maximum Gasteiger partial charge on any atom is 0.248 e. The largest absolute Gasteiger partial charge is 0.392 e. The Labute approximate surface area is 139 Å². The number of hydrogen-bond donors (Lipinski definition) is 2. The maximum absolute atomic E-state index is 12.9. The van der Waals surface area contributed by atoms with Gasteiger partial charge < -0.3 is 14.9 Å². The summed E-state index contributed by atoms with van der Waals surface area (Å²) >= 11 is 0. The first kappa shape index (κ1) is 16.1. The highest BCUT2D eigenvalue weighted by Gasteiger charge is 2.14. The molecule has 0 aliphatic carbocycles. The van der Waals surface area contributed by atoms with Gasteiger partial charge in [-0.1, -0.05) is 29.4 Å². The third kappa shape index (κ3) is 3.97. The molecule has 24 heavy (non-hydrogen) atoms. The molecule has 0 saturated heterocycles. The van der Waals surface area contributed by atoms with Crippen molar-refractivity contribution in [1.82, 2.24) is 10.1 Å². The Kier molecular flexibility index (Phi) is 4.86. The zero-order valence-electron chi connectivity index (χ0n) is 13.2. The van der Waals surface area contributed by atoms with Crippen LogP contribution in [0.3, 0.4) is 0 Å². The third-order valence-corrected chi connectivity index (χ3v) is 3.62. The number of nitrogens with zero attached hydrogens (tertiary/aromatic N) is 2. The number of aromatic nitrogens is 2. The highest BCUT2D eigenvalue weighted by Crippen LogP contribution is 2.19. The van der Waals surface area contributed by atoms with Crippen LogP contribution in [0.15, 0.2) is 53.1 Å². The van der Waals surface area contributed by atoms with Crippen molar-refractivity contribution in [3.8, 4) is 0 Å². The molecule has 3 rings (SSSR count). The number of aliphatic hydroxyl groups excluding tert-OH is 1. The molecule has 5 nitrogen and oxygen atoms in total. The van der Waals surface area contributed by atoms with Gasteiger partial charge in [0.15, 0.2) is 5.82 Å². The molecule has 0 bridgehead atoms. The zero-order valence-corrected chi connectivity index (χ0v) is 13.2. The number of rotatable bonds is 6. The molecular formula is C18H18FN3O2. The van der Waals surface area contributed by atoms with Crippen molar-refractivity contribution < 1.29 is 14.0 Å². The van der Waals surface area contributed by atoms with Crippen LogP contribution in [0.2, 0.25) is 0 Å². The van der Waals surface area contributed by atoms with Crippen LogP contribution in [0.25, 0.3) is 0 Å². The van der Waals surface area contributed by atoms with Crippen molar-refractivity contribution in [3.63, 3.8) is 0 Å². The molecule has 0 fully saturated rings. The monoisotopic (exact) mass is 327 g/mol. The molecule has 1 heterocycles. The molecule has 0 amide bonds. The van der Waals surface area contributed by atoms with Crippen LogP contribution < -0.4 is 5.32 Å². The Balaban J connectivity index is 1.66. The van der Waals surface area contributed by atoms with E-state index in [0.29, 0.717) is 18.1 Å². The first-order valence-electron chi connectivity index (χ1n) is 7.67. The maximum atomic E-state index is 12.9. The van der Waals surface area contributed by atoms with E-state index in [9.17, 15) is 9.50 Å². The molecule has 0 aliphatic rings. The number of aliphatic hydroxyl groups is 1. The predicted molar refractivity (Wildman–Crippen MR) is 87.9 cm³/mol. The van der Waals surface area contributed by atoms with Gasteiger partial charge in [0.2, 0.25) is 5.89 Å². The minimum Gasteiger partial charge on any atom is -0.392 e. The van der Waals surface area contributed by atoms with Crippen molar-refractivity contribution in [2.75, 3.05) is 5.32 Å². The van der Waals surface area contributed by atoms with Crippen molar-refractivity contribution in [1.29, 1.82) is 0 Å². The van der Waals surface area contributed by atoms with Gasteiger partial charge >= 0.3 is 0 Å². The van der Waals surface area contributed by atoms with Crippen molar-refractivity contribution >= 4 is 5.69 Å². The van der Waals surface area contributed by atoms with E-state index in [2.05, 4.69) is 15.5 Å². The fourth-order valence-corrected chi connectivity index (χ4v) is 2.37. The molecule has 6 heteroatoms. The number of anilines is 1. The summed E-state index contributed by atoms with van der Waals surface area (Å²) in [4.78, 5) is 4.38. The van der Waals surface area contributed by atoms with Gasteiger partial charge in [-0.05, 0) is 42.3 Å². The summed E-state index contributed by atoms with van der Waals surface area (Å²) < 4.78 is 18.2. The number of hydrogen-bond acceptors (Lipinski definition) is 5. The van der Waals surface area contributed by atoms with Crippen LogP contribution >= 0.6 is 0 Å². The Morgan fingerprint density at radius 2 is 1.96 bits per heavy atom. The van der Waals surface area contributed by atoms with Crippen molar-refractivity contribution in [2.45, 2.75) is 26.0 Å². The van der Waals surface area contributed by atoms with E-state index in [-0.39, 0.29) is 18.5 Å². The van der Waals surface area contributed by atoms with E-state index in [4.69, 9.17) is 4.52 Å². The first-order valence-corrected chi connectivity index (χ1v) is 7.67. The van der Waals surface area contributed by atoms with E-state index in [0.717, 1.165) is 16.8 Å². The zero-order chi connectivity index (χ0) is 16.9. The fourth-order valence-electron chi connectivity index (χ4n) is 2.37. The van der Waals surface area contributed by atoms with E-state index in [1.807, 2.05) is 31.2 Å². The summed E-state index contributed by atoms with van der Waals surface area (Å²) in [6.07, 6.45) is 0.483. The van der Waals surface area contributed by atoms with Gasteiger partial charge in [-0.25, -0.2) is 4.39 Å². The lowest BCUT2D eigenvalue weighted by atomic mass is 10.1. The highest BCUT2D eigenvalue weighted by molar-refractivity contribution is 5.46. The molecule has 1 aromatic heterocycles. The number of nitrogens with one attached hydrogen (secondary N) is 1. The van der Waals surface area contributed by atoms with Gasteiger partial charge in [0.25, 0.3) is 0 Å². The summed E-state index contributed by atoms with van der Waals surface area (Å²) in [5, 5.41) is 16.4. The van der Waals surface area contributed by atoms with Crippen LogP contribution in [0.4, 0.5) is 10.1 Å². The Bertz CT molecular complexity index is 802. The van der Waals surface area contributed by atoms with Gasteiger partial charge in [-0.15, -0.1) is 0 Å². The van der Waals surface area contributed by atoms with E-state index < -0.39 is 0 Å². The average molecular weight is 327 g/mol. The topological polar surface area (TPSA) is 71.2 Å². The van der Waals surface area contributed by atoms with Gasteiger partial charge in [0.05, 0.1) is 6.61 Å². The van der Waals surface area contributed by atoms with Crippen LogP contribution in [0, 0.1) is 5.82 Å². The molecule has 1 atom stereocenters. The smallest absolute Gasteiger partial charge is 0.248 e. The second-order valence-electron chi connectivity index (χ2n) is 5.58. The van der Waals surface area contributed by atoms with Gasteiger partial charge in [0, 0.05) is 12.1 Å². The standard InChI is InChI=1S/C18H18FN3O2/c1-12(20-16-4-2-3-14(9-16)11-23)18-21-17(22-24-18)10-13-5-7-15(19)8-6-13/h2-9,12,20,23H,10-11H2,1H3. The van der Waals surface area contributed by atoms with Gasteiger partial charge in [-0.2, -0.15) is 4.98 Å². The number of benzene rings is 2. The third-order valence-electron chi connectivity index (χ3n) is 3.62. The summed E-state index contributed by atoms with van der Waals surface area (Å²) in [7, 11) is 0. The van der Waals surface area contributed by atoms with Gasteiger partial charge in [-0.3, -0.25) is 0 Å². The van der Waals surface area contributed by atoms with Crippen LogP contribution in [0.1, 0.15) is 35.8 Å². The normalized spacial score (nSPS) is 12.1. The molecule has 124 valence electrons. The molecule has 2 aromatic carbocycles. The van der Waals surface area contributed by atoms with Crippen LogP contribution in [0.5, 0.6) is 0 Å². The lowest BCUT2D eigenvalue weighted by Crippen LogP contribution is -2.07. The van der Waals surface area contributed by atoms with E-state index in [1.165, 1.54) is 12.1 Å². The number of halogens is 1. The summed E-state index contributed by atoms with van der Waals surface area (Å²) in [6, 6.07) is 13.5. The summed E-state index contributed by atoms with van der Waals surface area (Å²) in [6.45, 7) is 1.91. The fraction of sp³-hybridized carbons (Fsp3) is 0.222. The minimum atomic E-state index is -0.268. The summed E-state index contributed by atoms with van der Waals surface area (Å²) in [5.74, 6) is 0.756. The molecule has 0 aliphatic heterocycles. The van der Waals surface area contributed by atoms with Crippen LogP contribution in [-0.4, -0.2) is 15.2 Å². The van der Waals surface area contributed by atoms with Crippen LogP contribution in [-0.2, 0) is 13.0 Å². The second kappa shape index (κ2) is 7.23. The Hall–Kier alpha value is -2.73. The first-order chi connectivity index (χ1) is 11.6. The molecule has 3 aromatic rings. The Morgan fingerprint density at radius 3 is 2.71 bits per heavy atom. The quantitative estimate of drug-likeness (QED) is 0.725. The van der Waals surface area contributed by atoms with Crippen molar-refractivity contribution in [2.24, 2.45) is 0 Å². The molecule has 0 saturated carbocycles.